The molecule has 0 aliphatic carbocycles. The molecule has 0 saturated carbocycles. The smallest absolute Gasteiger partial charge is 0.176 e. The van der Waals surface area contributed by atoms with Crippen molar-refractivity contribution in [3.05, 3.63) is 95.2 Å². The lowest BCUT2D eigenvalue weighted by atomic mass is 10.2. The third kappa shape index (κ3) is 5.43. The van der Waals surface area contributed by atoms with Crippen molar-refractivity contribution in [1.82, 2.24) is 19.6 Å². The Kier molecular flexibility index (Phi) is 6.06. The molecule has 2 heterocycles. The van der Waals surface area contributed by atoms with E-state index in [4.69, 9.17) is 23.8 Å². The van der Waals surface area contributed by atoms with E-state index in [1.807, 2.05) is 47.3 Å². The van der Waals surface area contributed by atoms with Crippen LogP contribution in [0.2, 0.25) is 5.02 Å². The molecule has 9 heteroatoms. The second kappa shape index (κ2) is 9.06. The van der Waals surface area contributed by atoms with Crippen molar-refractivity contribution in [3.63, 3.8) is 0 Å². The van der Waals surface area contributed by atoms with E-state index < -0.39 is 0 Å². The number of nitrogens with zero attached hydrogens (tertiary/aromatic N) is 4. The molecule has 0 aliphatic rings. The predicted molar refractivity (Wildman–Crippen MR) is 120 cm³/mol. The second-order valence-electron chi connectivity index (χ2n) is 6.66. The van der Waals surface area contributed by atoms with Gasteiger partial charge in [0.15, 0.2) is 10.9 Å². The molecule has 0 aliphatic heterocycles. The molecule has 0 spiro atoms. The third-order valence-corrected chi connectivity index (χ3v) is 4.72. The fourth-order valence-electron chi connectivity index (χ4n) is 2.91. The van der Waals surface area contributed by atoms with Gasteiger partial charge in [0.05, 0.1) is 25.0 Å². The van der Waals surface area contributed by atoms with Crippen LogP contribution in [-0.4, -0.2) is 24.7 Å². The Balaban J connectivity index is 1.31. The van der Waals surface area contributed by atoms with E-state index in [9.17, 15) is 4.39 Å². The van der Waals surface area contributed by atoms with Gasteiger partial charge in [-0.25, -0.2) is 4.39 Å². The number of hydrogen-bond acceptors (Lipinski definition) is 3. The van der Waals surface area contributed by atoms with Crippen molar-refractivity contribution in [1.29, 1.82) is 0 Å². The van der Waals surface area contributed by atoms with Crippen molar-refractivity contribution < 1.29 is 4.39 Å². The fraction of sp³-hybridized carbons (Fsp3) is 0.0952. The number of hydrogen-bond donors (Lipinski definition) is 2. The molecular formula is C21H18ClFN6S. The molecule has 4 aromatic rings. The van der Waals surface area contributed by atoms with Gasteiger partial charge in [-0.1, -0.05) is 35.9 Å². The molecule has 4 rings (SSSR count). The predicted octanol–water partition coefficient (Wildman–Crippen LogP) is 4.78. The normalized spacial score (nSPS) is 10.7. The van der Waals surface area contributed by atoms with Gasteiger partial charge in [-0.3, -0.25) is 9.36 Å². The summed E-state index contributed by atoms with van der Waals surface area (Å²) in [6, 6.07) is 15.9. The van der Waals surface area contributed by atoms with Crippen molar-refractivity contribution in [3.8, 4) is 0 Å². The lowest BCUT2D eigenvalue weighted by Crippen LogP contribution is -2.19. The van der Waals surface area contributed by atoms with Gasteiger partial charge < -0.3 is 10.6 Å². The Labute approximate surface area is 183 Å². The molecule has 2 aromatic heterocycles. The van der Waals surface area contributed by atoms with Crippen LogP contribution in [0.1, 0.15) is 11.1 Å². The van der Waals surface area contributed by atoms with Crippen LogP contribution < -0.4 is 10.6 Å². The van der Waals surface area contributed by atoms with E-state index in [1.165, 1.54) is 12.1 Å². The number of halogens is 2. The molecule has 6 nitrogen and oxygen atoms in total. The van der Waals surface area contributed by atoms with Gasteiger partial charge >= 0.3 is 0 Å². The highest BCUT2D eigenvalue weighted by molar-refractivity contribution is 7.80. The maximum Gasteiger partial charge on any atom is 0.176 e. The number of nitrogens with one attached hydrogen (secondary N) is 2. The van der Waals surface area contributed by atoms with E-state index in [0.29, 0.717) is 29.0 Å². The number of anilines is 2. The minimum Gasteiger partial charge on any atom is -0.330 e. The van der Waals surface area contributed by atoms with Gasteiger partial charge in [0, 0.05) is 23.5 Å². The summed E-state index contributed by atoms with van der Waals surface area (Å²) in [4.78, 5) is 0. The average Bonchev–Trinajstić information content (AvgIpc) is 3.33. The Morgan fingerprint density at radius 3 is 2.60 bits per heavy atom. The standard InChI is InChI=1S/C21H18ClFN6S/c22-17-6-4-15(5-7-17)12-28-9-8-20(27-28)26-21(30)25-19-11-24-29(14-19)13-16-2-1-3-18(23)10-16/h1-11,14H,12-13H2,(H2,25,26,27,30). The van der Waals surface area contributed by atoms with E-state index in [0.717, 1.165) is 16.8 Å². The van der Waals surface area contributed by atoms with Gasteiger partial charge in [0.25, 0.3) is 0 Å². The van der Waals surface area contributed by atoms with E-state index >= 15 is 0 Å². The third-order valence-electron chi connectivity index (χ3n) is 4.26. The molecule has 0 bridgehead atoms. The largest absolute Gasteiger partial charge is 0.330 e. The number of thiocarbonyl (C=S) groups is 1. The Morgan fingerprint density at radius 2 is 1.80 bits per heavy atom. The van der Waals surface area contributed by atoms with Gasteiger partial charge in [0.1, 0.15) is 5.82 Å². The second-order valence-corrected chi connectivity index (χ2v) is 7.51. The molecule has 152 valence electrons. The zero-order valence-electron chi connectivity index (χ0n) is 15.8. The molecule has 30 heavy (non-hydrogen) atoms. The SMILES string of the molecule is Fc1cccc(Cn2cc(NC(=S)Nc3ccn(Cc4ccc(Cl)cc4)n3)cn2)c1. The molecule has 0 amide bonds. The van der Waals surface area contributed by atoms with E-state index in [-0.39, 0.29) is 5.82 Å². The molecule has 2 aromatic carbocycles. The summed E-state index contributed by atoms with van der Waals surface area (Å²) in [5.41, 5.74) is 2.65. The van der Waals surface area contributed by atoms with Crippen LogP contribution in [0.5, 0.6) is 0 Å². The monoisotopic (exact) mass is 440 g/mol. The first kappa shape index (κ1) is 20.1. The first-order chi connectivity index (χ1) is 14.5. The van der Waals surface area contributed by atoms with Crippen molar-refractivity contribution in [2.24, 2.45) is 0 Å². The van der Waals surface area contributed by atoms with Crippen molar-refractivity contribution in [2.75, 3.05) is 10.6 Å². The quantitative estimate of drug-likeness (QED) is 0.423. The minimum absolute atomic E-state index is 0.265. The summed E-state index contributed by atoms with van der Waals surface area (Å²) in [6.07, 6.45) is 5.33. The minimum atomic E-state index is -0.265. The van der Waals surface area contributed by atoms with Gasteiger partial charge in [-0.2, -0.15) is 10.2 Å². The number of benzene rings is 2. The molecule has 0 atom stereocenters. The zero-order valence-corrected chi connectivity index (χ0v) is 17.4. The highest BCUT2D eigenvalue weighted by Crippen LogP contribution is 2.13. The lowest BCUT2D eigenvalue weighted by molar-refractivity contribution is 0.619. The van der Waals surface area contributed by atoms with Crippen LogP contribution in [0.3, 0.4) is 0 Å². The summed E-state index contributed by atoms with van der Waals surface area (Å²) in [6.45, 7) is 1.10. The fourth-order valence-corrected chi connectivity index (χ4v) is 3.26. The van der Waals surface area contributed by atoms with Gasteiger partial charge in [0.2, 0.25) is 0 Å². The Morgan fingerprint density at radius 1 is 1.00 bits per heavy atom. The van der Waals surface area contributed by atoms with Crippen molar-refractivity contribution >= 4 is 40.4 Å². The summed E-state index contributed by atoms with van der Waals surface area (Å²) in [7, 11) is 0. The molecule has 0 radical (unpaired) electrons. The van der Waals surface area contributed by atoms with Crippen LogP contribution in [-0.2, 0) is 13.1 Å². The van der Waals surface area contributed by atoms with Crippen molar-refractivity contribution in [2.45, 2.75) is 13.1 Å². The van der Waals surface area contributed by atoms with Crippen LogP contribution >= 0.6 is 23.8 Å². The lowest BCUT2D eigenvalue weighted by Gasteiger charge is -2.06. The molecule has 2 N–H and O–H groups in total. The Bertz CT molecular complexity index is 1150. The van der Waals surface area contributed by atoms with Gasteiger partial charge in [-0.05, 0) is 47.6 Å². The van der Waals surface area contributed by atoms with Gasteiger partial charge in [-0.15, -0.1) is 0 Å². The zero-order chi connectivity index (χ0) is 20.9. The first-order valence-corrected chi connectivity index (χ1v) is 9.95. The summed E-state index contributed by atoms with van der Waals surface area (Å²) >= 11 is 11.3. The Hall–Kier alpha value is -3.23. The topological polar surface area (TPSA) is 59.7 Å². The summed E-state index contributed by atoms with van der Waals surface area (Å²) in [5, 5.41) is 16.0. The van der Waals surface area contributed by atoms with Crippen LogP contribution in [0.15, 0.2) is 73.2 Å². The molecule has 0 fully saturated rings. The number of rotatable bonds is 6. The number of aromatic nitrogens is 4. The van der Waals surface area contributed by atoms with Crippen LogP contribution in [0.4, 0.5) is 15.9 Å². The maximum absolute atomic E-state index is 13.3. The van der Waals surface area contributed by atoms with E-state index in [2.05, 4.69) is 20.8 Å². The van der Waals surface area contributed by atoms with Crippen LogP contribution in [0, 0.1) is 5.82 Å². The molecular weight excluding hydrogens is 423 g/mol. The maximum atomic E-state index is 13.3. The van der Waals surface area contributed by atoms with Crippen LogP contribution in [0.25, 0.3) is 0 Å². The molecule has 0 saturated heterocycles. The highest BCUT2D eigenvalue weighted by Gasteiger charge is 2.06. The molecule has 0 unspecified atom stereocenters. The average molecular weight is 441 g/mol. The highest BCUT2D eigenvalue weighted by atomic mass is 35.5. The first-order valence-electron chi connectivity index (χ1n) is 9.16. The summed E-state index contributed by atoms with van der Waals surface area (Å²) < 4.78 is 16.8. The summed E-state index contributed by atoms with van der Waals surface area (Å²) in [5.74, 6) is 0.368. The van der Waals surface area contributed by atoms with E-state index in [1.54, 1.807) is 23.1 Å².